The standard InChI is InChI=1S/C30H39N5O2/c1-18(2)28-25-12-22(21-6-9-24(10-7-21)34-14-19(3)37-20(4)15-34)8-11-26(25)33-29(28)23-13-27(36-5)30-31-17-32-35(30)16-23/h8,11-13,16-21,24,33H,6-7,9-10,14-15H2,1-5H3/t19-,20+,21?,24?. The third kappa shape index (κ3) is 4.53. The average molecular weight is 502 g/mol. The highest BCUT2D eigenvalue weighted by atomic mass is 16.5. The quantitative estimate of drug-likeness (QED) is 0.356. The molecule has 0 bridgehead atoms. The number of methoxy groups -OCH3 is 1. The van der Waals surface area contributed by atoms with E-state index >= 15 is 0 Å². The van der Waals surface area contributed by atoms with Crippen LogP contribution in [0.1, 0.15) is 76.3 Å². The van der Waals surface area contributed by atoms with Gasteiger partial charge in [0.15, 0.2) is 11.4 Å². The number of H-pyrrole nitrogens is 1. The lowest BCUT2D eigenvalue weighted by Gasteiger charge is -2.43. The molecule has 37 heavy (non-hydrogen) atoms. The molecule has 1 aliphatic carbocycles. The molecule has 4 heterocycles. The van der Waals surface area contributed by atoms with E-state index in [-0.39, 0.29) is 0 Å². The lowest BCUT2D eigenvalue weighted by atomic mass is 9.80. The number of ether oxygens (including phenoxy) is 2. The van der Waals surface area contributed by atoms with Crippen LogP contribution in [0.2, 0.25) is 0 Å². The molecule has 1 aromatic carbocycles. The molecule has 0 unspecified atom stereocenters. The van der Waals surface area contributed by atoms with Crippen LogP contribution >= 0.6 is 0 Å². The number of nitrogens with zero attached hydrogens (tertiary/aromatic N) is 4. The molecule has 2 fully saturated rings. The highest BCUT2D eigenvalue weighted by Gasteiger charge is 2.31. The molecule has 1 saturated carbocycles. The van der Waals surface area contributed by atoms with Crippen molar-refractivity contribution in [1.29, 1.82) is 0 Å². The number of hydrogen-bond acceptors (Lipinski definition) is 5. The summed E-state index contributed by atoms with van der Waals surface area (Å²) < 4.78 is 13.4. The fourth-order valence-electron chi connectivity index (χ4n) is 6.78. The Balaban J connectivity index is 1.29. The number of rotatable bonds is 5. The van der Waals surface area contributed by atoms with Gasteiger partial charge in [0.05, 0.1) is 25.0 Å². The fraction of sp³-hybridized carbons (Fsp3) is 0.533. The summed E-state index contributed by atoms with van der Waals surface area (Å²) in [6.45, 7) is 11.1. The first-order valence-corrected chi connectivity index (χ1v) is 13.8. The third-order valence-electron chi connectivity index (χ3n) is 8.42. The molecule has 2 atom stereocenters. The smallest absolute Gasteiger partial charge is 0.197 e. The first-order valence-electron chi connectivity index (χ1n) is 13.8. The number of nitrogens with one attached hydrogen (secondary N) is 1. The zero-order valence-corrected chi connectivity index (χ0v) is 22.7. The van der Waals surface area contributed by atoms with Gasteiger partial charge in [-0.15, -0.1) is 0 Å². The van der Waals surface area contributed by atoms with Crippen molar-refractivity contribution in [2.45, 2.75) is 83.5 Å². The second-order valence-electron chi connectivity index (χ2n) is 11.4. The minimum absolute atomic E-state index is 0.339. The monoisotopic (exact) mass is 501 g/mol. The van der Waals surface area contributed by atoms with E-state index in [0.29, 0.717) is 30.1 Å². The predicted octanol–water partition coefficient (Wildman–Crippen LogP) is 6.15. The maximum Gasteiger partial charge on any atom is 0.197 e. The maximum atomic E-state index is 5.97. The van der Waals surface area contributed by atoms with Crippen LogP contribution in [0.5, 0.6) is 5.75 Å². The second kappa shape index (κ2) is 9.76. The van der Waals surface area contributed by atoms with Gasteiger partial charge < -0.3 is 14.5 Å². The van der Waals surface area contributed by atoms with E-state index in [2.05, 4.69) is 71.9 Å². The summed E-state index contributed by atoms with van der Waals surface area (Å²) >= 11 is 0. The van der Waals surface area contributed by atoms with Gasteiger partial charge in [-0.05, 0) is 80.7 Å². The lowest BCUT2D eigenvalue weighted by Crippen LogP contribution is -2.50. The van der Waals surface area contributed by atoms with E-state index in [9.17, 15) is 0 Å². The molecule has 1 aliphatic heterocycles. The molecular weight excluding hydrogens is 462 g/mol. The van der Waals surface area contributed by atoms with Gasteiger partial charge >= 0.3 is 0 Å². The summed E-state index contributed by atoms with van der Waals surface area (Å²) in [7, 11) is 1.68. The molecule has 196 valence electrons. The van der Waals surface area contributed by atoms with Crippen molar-refractivity contribution in [2.75, 3.05) is 20.2 Å². The Bertz CT molecular complexity index is 1390. The zero-order chi connectivity index (χ0) is 25.7. The normalized spacial score (nSPS) is 25.4. The Hall–Kier alpha value is -2.90. The Morgan fingerprint density at radius 2 is 1.81 bits per heavy atom. The van der Waals surface area contributed by atoms with Crippen LogP contribution in [-0.2, 0) is 4.74 Å². The molecule has 2 aliphatic rings. The van der Waals surface area contributed by atoms with Gasteiger partial charge in [0.25, 0.3) is 0 Å². The van der Waals surface area contributed by atoms with Gasteiger partial charge in [0.2, 0.25) is 0 Å². The SMILES string of the molecule is COc1cc(-c2[nH]c3ccc(C4CCC(N5C[C@@H](C)O[C@@H](C)C5)CC4)cc3c2C(C)C)cn2ncnc12. The molecule has 0 spiro atoms. The molecular formula is C30H39N5O2. The number of hydrogen-bond donors (Lipinski definition) is 1. The number of benzene rings is 1. The summed E-state index contributed by atoms with van der Waals surface area (Å²) in [5.41, 5.74) is 6.94. The number of aromatic amines is 1. The molecule has 6 rings (SSSR count). The Labute approximate surface area is 219 Å². The van der Waals surface area contributed by atoms with Crippen LogP contribution in [0.4, 0.5) is 0 Å². The van der Waals surface area contributed by atoms with E-state index in [1.54, 1.807) is 18.0 Å². The Morgan fingerprint density at radius 3 is 2.51 bits per heavy atom. The van der Waals surface area contributed by atoms with Crippen molar-refractivity contribution in [1.82, 2.24) is 24.5 Å². The van der Waals surface area contributed by atoms with E-state index in [1.165, 1.54) is 47.7 Å². The van der Waals surface area contributed by atoms with Crippen molar-refractivity contribution < 1.29 is 9.47 Å². The molecule has 1 N–H and O–H groups in total. The van der Waals surface area contributed by atoms with Crippen molar-refractivity contribution >= 4 is 16.6 Å². The summed E-state index contributed by atoms with van der Waals surface area (Å²) in [5, 5.41) is 5.70. The van der Waals surface area contributed by atoms with Crippen LogP contribution in [0, 0.1) is 0 Å². The highest BCUT2D eigenvalue weighted by molar-refractivity contribution is 5.92. The summed E-state index contributed by atoms with van der Waals surface area (Å²) in [5.74, 6) is 1.73. The molecule has 1 saturated heterocycles. The minimum atomic E-state index is 0.339. The first kappa shape index (κ1) is 24.4. The lowest BCUT2D eigenvalue weighted by molar-refractivity contribution is -0.0844. The maximum absolute atomic E-state index is 5.97. The first-order chi connectivity index (χ1) is 17.9. The van der Waals surface area contributed by atoms with Gasteiger partial charge in [0.1, 0.15) is 6.33 Å². The van der Waals surface area contributed by atoms with Crippen LogP contribution < -0.4 is 4.74 Å². The van der Waals surface area contributed by atoms with Gasteiger partial charge in [-0.2, -0.15) is 5.10 Å². The van der Waals surface area contributed by atoms with Gasteiger partial charge in [0, 0.05) is 41.8 Å². The van der Waals surface area contributed by atoms with E-state index in [4.69, 9.17) is 9.47 Å². The highest BCUT2D eigenvalue weighted by Crippen LogP contribution is 2.41. The summed E-state index contributed by atoms with van der Waals surface area (Å²) in [6, 6.07) is 9.84. The molecule has 0 radical (unpaired) electrons. The van der Waals surface area contributed by atoms with Crippen molar-refractivity contribution in [3.63, 3.8) is 0 Å². The fourth-order valence-corrected chi connectivity index (χ4v) is 6.78. The number of fused-ring (bicyclic) bond motifs is 2. The van der Waals surface area contributed by atoms with Crippen LogP contribution in [-0.4, -0.2) is 62.9 Å². The van der Waals surface area contributed by atoms with E-state index in [1.807, 2.05) is 6.20 Å². The number of morpholine rings is 1. The molecule has 4 aromatic rings. The Morgan fingerprint density at radius 1 is 1.05 bits per heavy atom. The molecule has 3 aromatic heterocycles. The van der Waals surface area contributed by atoms with Gasteiger partial charge in [-0.1, -0.05) is 19.9 Å². The van der Waals surface area contributed by atoms with Crippen molar-refractivity contribution in [3.8, 4) is 17.0 Å². The average Bonchev–Trinajstić information content (AvgIpc) is 3.52. The zero-order valence-electron chi connectivity index (χ0n) is 22.7. The summed E-state index contributed by atoms with van der Waals surface area (Å²) in [4.78, 5) is 10.7. The van der Waals surface area contributed by atoms with E-state index in [0.717, 1.165) is 35.7 Å². The topological polar surface area (TPSA) is 67.7 Å². The van der Waals surface area contributed by atoms with Gasteiger partial charge in [-0.25, -0.2) is 9.50 Å². The third-order valence-corrected chi connectivity index (χ3v) is 8.42. The largest absolute Gasteiger partial charge is 0.493 e. The van der Waals surface area contributed by atoms with Crippen LogP contribution in [0.25, 0.3) is 27.8 Å². The van der Waals surface area contributed by atoms with Crippen molar-refractivity contribution in [2.24, 2.45) is 0 Å². The van der Waals surface area contributed by atoms with Crippen molar-refractivity contribution in [3.05, 3.63) is 47.9 Å². The Kier molecular flexibility index (Phi) is 6.45. The second-order valence-corrected chi connectivity index (χ2v) is 11.4. The number of pyridine rings is 1. The van der Waals surface area contributed by atoms with Crippen LogP contribution in [0.15, 0.2) is 36.8 Å². The predicted molar refractivity (Wildman–Crippen MR) is 147 cm³/mol. The number of aromatic nitrogens is 4. The molecule has 0 amide bonds. The van der Waals surface area contributed by atoms with Crippen LogP contribution in [0.3, 0.4) is 0 Å². The molecule has 7 heteroatoms. The van der Waals surface area contributed by atoms with E-state index < -0.39 is 0 Å². The molecule has 7 nitrogen and oxygen atoms in total. The summed E-state index contributed by atoms with van der Waals surface area (Å²) in [6.07, 6.45) is 9.34. The van der Waals surface area contributed by atoms with Gasteiger partial charge in [-0.3, -0.25) is 4.90 Å². The minimum Gasteiger partial charge on any atom is -0.493 e.